The molecule has 1 aromatic rings. The Labute approximate surface area is 94.6 Å². The van der Waals surface area contributed by atoms with Crippen molar-refractivity contribution in [3.63, 3.8) is 0 Å². The Balaban J connectivity index is 2.92. The molecule has 1 rings (SSSR count). The standard InChI is InChI=1S/C12H13N3O/c1-9(11(8-13)12(16)14-2)15-10-6-4-3-5-7-10/h3-7,15H,1-2H3,(H,14,16)/b11-9-. The first-order valence-electron chi connectivity index (χ1n) is 4.84. The minimum atomic E-state index is -0.386. The summed E-state index contributed by atoms with van der Waals surface area (Å²) in [6.45, 7) is 1.70. The molecule has 0 atom stereocenters. The molecule has 0 radical (unpaired) electrons. The molecule has 0 unspecified atom stereocenters. The predicted octanol–water partition coefficient (Wildman–Crippen LogP) is 1.64. The van der Waals surface area contributed by atoms with Gasteiger partial charge in [-0.15, -0.1) is 0 Å². The number of hydrogen-bond donors (Lipinski definition) is 2. The molecule has 1 amide bonds. The van der Waals surface area contributed by atoms with E-state index >= 15 is 0 Å². The lowest BCUT2D eigenvalue weighted by atomic mass is 10.2. The summed E-state index contributed by atoms with van der Waals surface area (Å²) in [6, 6.07) is 11.3. The second-order valence-electron chi connectivity index (χ2n) is 3.18. The second-order valence-corrected chi connectivity index (χ2v) is 3.18. The van der Waals surface area contributed by atoms with Gasteiger partial charge in [0.1, 0.15) is 11.6 Å². The van der Waals surface area contributed by atoms with Crippen LogP contribution < -0.4 is 10.6 Å². The van der Waals surface area contributed by atoms with Gasteiger partial charge < -0.3 is 10.6 Å². The third-order valence-electron chi connectivity index (χ3n) is 2.05. The van der Waals surface area contributed by atoms with Crippen molar-refractivity contribution in [1.29, 1.82) is 5.26 Å². The summed E-state index contributed by atoms with van der Waals surface area (Å²) in [5.74, 6) is -0.386. The van der Waals surface area contributed by atoms with Gasteiger partial charge in [-0.05, 0) is 19.1 Å². The fourth-order valence-corrected chi connectivity index (χ4v) is 1.23. The monoisotopic (exact) mass is 215 g/mol. The molecule has 4 nitrogen and oxygen atoms in total. The van der Waals surface area contributed by atoms with Crippen LogP contribution in [-0.2, 0) is 4.79 Å². The molecule has 0 saturated heterocycles. The normalized spacial score (nSPS) is 11.1. The van der Waals surface area contributed by atoms with Crippen LogP contribution in [0.2, 0.25) is 0 Å². The number of hydrogen-bond acceptors (Lipinski definition) is 3. The van der Waals surface area contributed by atoms with E-state index in [9.17, 15) is 4.79 Å². The fourth-order valence-electron chi connectivity index (χ4n) is 1.23. The van der Waals surface area contributed by atoms with Crippen LogP contribution in [-0.4, -0.2) is 13.0 Å². The first kappa shape index (κ1) is 11.8. The Morgan fingerprint density at radius 2 is 1.94 bits per heavy atom. The van der Waals surface area contributed by atoms with Crippen molar-refractivity contribution in [2.45, 2.75) is 6.92 Å². The van der Waals surface area contributed by atoms with Crippen molar-refractivity contribution >= 4 is 11.6 Å². The van der Waals surface area contributed by atoms with E-state index in [-0.39, 0.29) is 11.5 Å². The fraction of sp³-hybridized carbons (Fsp3) is 0.167. The summed E-state index contributed by atoms with van der Waals surface area (Å²) in [5, 5.41) is 14.3. The summed E-state index contributed by atoms with van der Waals surface area (Å²) in [4.78, 5) is 11.3. The second kappa shape index (κ2) is 5.56. The molecule has 4 heteroatoms. The molecule has 0 bridgehead atoms. The minimum absolute atomic E-state index is 0.0892. The van der Waals surface area contributed by atoms with Gasteiger partial charge in [0.15, 0.2) is 0 Å². The molecule has 1 aromatic carbocycles. The maximum atomic E-state index is 11.3. The van der Waals surface area contributed by atoms with Crippen molar-refractivity contribution < 1.29 is 4.79 Å². The quantitative estimate of drug-likeness (QED) is 0.595. The SMILES string of the molecule is CNC(=O)/C(C#N)=C(/C)Nc1ccccc1. The highest BCUT2D eigenvalue weighted by Gasteiger charge is 2.10. The maximum Gasteiger partial charge on any atom is 0.263 e. The molecule has 0 fully saturated rings. The average molecular weight is 215 g/mol. The summed E-state index contributed by atoms with van der Waals surface area (Å²) >= 11 is 0. The number of carbonyl (C=O) groups excluding carboxylic acids is 1. The van der Waals surface area contributed by atoms with Crippen LogP contribution >= 0.6 is 0 Å². The topological polar surface area (TPSA) is 64.9 Å². The molecule has 0 spiro atoms. The predicted molar refractivity (Wildman–Crippen MR) is 62.4 cm³/mol. The number of nitrogens with zero attached hydrogens (tertiary/aromatic N) is 1. The van der Waals surface area contributed by atoms with Crippen LogP contribution in [0, 0.1) is 11.3 Å². The van der Waals surface area contributed by atoms with Gasteiger partial charge >= 0.3 is 0 Å². The van der Waals surface area contributed by atoms with E-state index in [1.165, 1.54) is 7.05 Å². The summed E-state index contributed by atoms with van der Waals surface area (Å²) in [7, 11) is 1.50. The number of amides is 1. The Morgan fingerprint density at radius 1 is 1.31 bits per heavy atom. The van der Waals surface area contributed by atoms with Gasteiger partial charge in [-0.1, -0.05) is 18.2 Å². The van der Waals surface area contributed by atoms with Crippen molar-refractivity contribution in [1.82, 2.24) is 5.32 Å². The first-order chi connectivity index (χ1) is 7.69. The molecule has 82 valence electrons. The third-order valence-corrected chi connectivity index (χ3v) is 2.05. The van der Waals surface area contributed by atoms with Crippen LogP contribution in [0.1, 0.15) is 6.92 Å². The highest BCUT2D eigenvalue weighted by Crippen LogP contribution is 2.11. The van der Waals surface area contributed by atoms with Crippen LogP contribution in [0.25, 0.3) is 0 Å². The minimum Gasteiger partial charge on any atom is -0.358 e. The summed E-state index contributed by atoms with van der Waals surface area (Å²) in [6.07, 6.45) is 0. The zero-order valence-corrected chi connectivity index (χ0v) is 9.24. The Bertz CT molecular complexity index is 443. The van der Waals surface area contributed by atoms with Gasteiger partial charge in [0.25, 0.3) is 5.91 Å². The highest BCUT2D eigenvalue weighted by molar-refractivity contribution is 5.98. The van der Waals surface area contributed by atoms with E-state index in [4.69, 9.17) is 5.26 Å². The number of allylic oxidation sites excluding steroid dienone is 1. The largest absolute Gasteiger partial charge is 0.358 e. The lowest BCUT2D eigenvalue weighted by Gasteiger charge is -2.08. The zero-order valence-electron chi connectivity index (χ0n) is 9.24. The van der Waals surface area contributed by atoms with E-state index in [2.05, 4.69) is 10.6 Å². The number of carbonyl (C=O) groups is 1. The van der Waals surface area contributed by atoms with Crippen LogP contribution in [0.15, 0.2) is 41.6 Å². The van der Waals surface area contributed by atoms with Gasteiger partial charge in [-0.2, -0.15) is 5.26 Å². The van der Waals surface area contributed by atoms with Gasteiger partial charge in [0.2, 0.25) is 0 Å². The molecular weight excluding hydrogens is 202 g/mol. The molecule has 0 saturated carbocycles. The molecule has 0 aliphatic heterocycles. The molecule has 0 aliphatic carbocycles. The van der Waals surface area contributed by atoms with Gasteiger partial charge in [0.05, 0.1) is 0 Å². The molecular formula is C12H13N3O. The number of benzene rings is 1. The van der Waals surface area contributed by atoms with Crippen molar-refractivity contribution in [2.24, 2.45) is 0 Å². The molecule has 2 N–H and O–H groups in total. The smallest absolute Gasteiger partial charge is 0.263 e. The van der Waals surface area contributed by atoms with Crippen LogP contribution in [0.4, 0.5) is 5.69 Å². The van der Waals surface area contributed by atoms with Crippen LogP contribution in [0.3, 0.4) is 0 Å². The zero-order chi connectivity index (χ0) is 12.0. The number of nitrogens with one attached hydrogen (secondary N) is 2. The van der Waals surface area contributed by atoms with E-state index in [0.717, 1.165) is 5.69 Å². The molecule has 0 aliphatic rings. The first-order valence-corrected chi connectivity index (χ1v) is 4.84. The lowest BCUT2D eigenvalue weighted by Crippen LogP contribution is -2.21. The Hall–Kier alpha value is -2.28. The molecule has 0 heterocycles. The maximum absolute atomic E-state index is 11.3. The summed E-state index contributed by atoms with van der Waals surface area (Å²) in [5.41, 5.74) is 1.47. The van der Waals surface area contributed by atoms with Crippen molar-refractivity contribution in [3.05, 3.63) is 41.6 Å². The molecule has 0 aromatic heterocycles. The van der Waals surface area contributed by atoms with E-state index in [0.29, 0.717) is 5.70 Å². The number of rotatable bonds is 3. The van der Waals surface area contributed by atoms with Crippen molar-refractivity contribution in [3.8, 4) is 6.07 Å². The lowest BCUT2D eigenvalue weighted by molar-refractivity contribution is -0.116. The van der Waals surface area contributed by atoms with E-state index in [1.807, 2.05) is 36.4 Å². The Kier molecular flexibility index (Phi) is 4.10. The van der Waals surface area contributed by atoms with Gasteiger partial charge in [-0.3, -0.25) is 4.79 Å². The van der Waals surface area contributed by atoms with E-state index in [1.54, 1.807) is 6.92 Å². The number of para-hydroxylation sites is 1. The number of likely N-dealkylation sites (N-methyl/N-ethyl adjacent to an activating group) is 1. The highest BCUT2D eigenvalue weighted by atomic mass is 16.1. The number of nitriles is 1. The molecule has 16 heavy (non-hydrogen) atoms. The van der Waals surface area contributed by atoms with E-state index < -0.39 is 0 Å². The third kappa shape index (κ3) is 2.85. The average Bonchev–Trinajstić information content (AvgIpc) is 2.31. The van der Waals surface area contributed by atoms with Crippen LogP contribution in [0.5, 0.6) is 0 Å². The summed E-state index contributed by atoms with van der Waals surface area (Å²) < 4.78 is 0. The Morgan fingerprint density at radius 3 is 2.44 bits per heavy atom. The number of anilines is 1. The van der Waals surface area contributed by atoms with Gasteiger partial charge in [-0.25, -0.2) is 0 Å². The van der Waals surface area contributed by atoms with Crippen molar-refractivity contribution in [2.75, 3.05) is 12.4 Å². The van der Waals surface area contributed by atoms with Gasteiger partial charge in [0, 0.05) is 18.4 Å².